The second-order valence-corrected chi connectivity index (χ2v) is 9.75. The Labute approximate surface area is 214 Å². The van der Waals surface area contributed by atoms with E-state index in [1.807, 2.05) is 48.5 Å². The molecule has 0 spiro atoms. The molecule has 37 heavy (non-hydrogen) atoms. The van der Waals surface area contributed by atoms with E-state index >= 15 is 0 Å². The molecule has 0 aromatic heterocycles. The fraction of sp³-hybridized carbons (Fsp3) is 0.267. The zero-order valence-corrected chi connectivity index (χ0v) is 20.4. The predicted octanol–water partition coefficient (Wildman–Crippen LogP) is 3.70. The van der Waals surface area contributed by atoms with E-state index in [0.29, 0.717) is 11.3 Å². The highest BCUT2D eigenvalue weighted by molar-refractivity contribution is 6.10. The van der Waals surface area contributed by atoms with Crippen molar-refractivity contribution in [1.29, 1.82) is 0 Å². The minimum absolute atomic E-state index is 0.247. The molecule has 1 fully saturated rings. The van der Waals surface area contributed by atoms with Crippen LogP contribution in [0.4, 0.5) is 0 Å². The van der Waals surface area contributed by atoms with Crippen molar-refractivity contribution in [3.63, 3.8) is 0 Å². The Kier molecular flexibility index (Phi) is 5.44. The summed E-state index contributed by atoms with van der Waals surface area (Å²) >= 11 is 0. The fourth-order valence-corrected chi connectivity index (χ4v) is 6.31. The van der Waals surface area contributed by atoms with E-state index in [2.05, 4.69) is 0 Å². The van der Waals surface area contributed by atoms with E-state index in [-0.39, 0.29) is 29.4 Å². The van der Waals surface area contributed by atoms with Gasteiger partial charge in [0.25, 0.3) is 0 Å². The van der Waals surface area contributed by atoms with Crippen molar-refractivity contribution in [2.24, 2.45) is 11.8 Å². The first-order valence-corrected chi connectivity index (χ1v) is 12.3. The molecule has 1 saturated heterocycles. The smallest absolute Gasteiger partial charge is 0.329 e. The van der Waals surface area contributed by atoms with E-state index in [1.165, 1.54) is 14.0 Å². The van der Waals surface area contributed by atoms with Crippen molar-refractivity contribution >= 4 is 23.6 Å². The monoisotopic (exact) mass is 495 g/mol. The molecular formula is C30H25NO6. The van der Waals surface area contributed by atoms with E-state index < -0.39 is 30.5 Å². The lowest BCUT2D eigenvalue weighted by atomic mass is 9.55. The largest absolute Gasteiger partial charge is 0.497 e. The summed E-state index contributed by atoms with van der Waals surface area (Å²) in [5.74, 6) is -2.93. The highest BCUT2D eigenvalue weighted by Crippen LogP contribution is 2.61. The first-order valence-electron chi connectivity index (χ1n) is 12.3. The molecule has 2 bridgehead atoms. The zero-order chi connectivity index (χ0) is 25.8. The van der Waals surface area contributed by atoms with Crippen LogP contribution in [0, 0.1) is 11.8 Å². The van der Waals surface area contributed by atoms with E-state index in [9.17, 15) is 19.2 Å². The minimum atomic E-state index is -1.14. The maximum Gasteiger partial charge on any atom is 0.329 e. The van der Waals surface area contributed by atoms with Gasteiger partial charge in [-0.05, 0) is 53.4 Å². The minimum Gasteiger partial charge on any atom is -0.497 e. The molecule has 0 N–H and O–H groups in total. The Balaban J connectivity index is 1.24. The van der Waals surface area contributed by atoms with Gasteiger partial charge < -0.3 is 9.47 Å². The third-order valence-corrected chi connectivity index (χ3v) is 7.97. The molecule has 186 valence electrons. The van der Waals surface area contributed by atoms with Gasteiger partial charge >= 0.3 is 5.97 Å². The summed E-state index contributed by atoms with van der Waals surface area (Å²) in [6.07, 6.45) is 0. The average Bonchev–Trinajstić information content (AvgIpc) is 3.21. The Hall–Kier alpha value is -4.26. The summed E-state index contributed by atoms with van der Waals surface area (Å²) in [7, 11) is 1.53. The number of imide groups is 1. The van der Waals surface area contributed by atoms with E-state index in [1.54, 1.807) is 24.3 Å². The molecule has 1 aliphatic heterocycles. The number of carbonyl (C=O) groups is 4. The van der Waals surface area contributed by atoms with Gasteiger partial charge in [0, 0.05) is 17.4 Å². The van der Waals surface area contributed by atoms with Crippen LogP contribution in [0.25, 0.3) is 0 Å². The van der Waals surface area contributed by atoms with Crippen LogP contribution in [0.1, 0.15) is 51.4 Å². The van der Waals surface area contributed by atoms with Crippen LogP contribution in [-0.2, 0) is 19.1 Å². The van der Waals surface area contributed by atoms with Crippen molar-refractivity contribution in [2.75, 3.05) is 13.7 Å². The highest BCUT2D eigenvalue weighted by atomic mass is 16.5. The summed E-state index contributed by atoms with van der Waals surface area (Å²) in [4.78, 5) is 54.0. The Bertz CT molecular complexity index is 1330. The normalized spacial score (nSPS) is 23.7. The number of carbonyl (C=O) groups excluding carboxylic acids is 4. The lowest BCUT2D eigenvalue weighted by molar-refractivity contribution is -0.157. The number of Topliss-reactive ketones (excluding diaryl/α,β-unsaturated/α-hetero) is 1. The third kappa shape index (κ3) is 3.41. The number of benzene rings is 3. The zero-order valence-electron chi connectivity index (χ0n) is 20.4. The molecule has 0 radical (unpaired) electrons. The van der Waals surface area contributed by atoms with E-state index in [4.69, 9.17) is 9.47 Å². The number of ketones is 1. The molecule has 3 aromatic carbocycles. The number of hydrogen-bond donors (Lipinski definition) is 0. The van der Waals surface area contributed by atoms with Crippen molar-refractivity contribution < 1.29 is 28.7 Å². The van der Waals surface area contributed by atoms with Crippen LogP contribution < -0.4 is 4.74 Å². The Morgan fingerprint density at radius 3 is 1.68 bits per heavy atom. The van der Waals surface area contributed by atoms with Gasteiger partial charge in [-0.3, -0.25) is 19.3 Å². The molecule has 0 saturated carbocycles. The van der Waals surface area contributed by atoms with Gasteiger partial charge in [-0.2, -0.15) is 0 Å². The second-order valence-electron chi connectivity index (χ2n) is 9.75. The molecule has 7 nitrogen and oxygen atoms in total. The SMILES string of the molecule is COc1ccc(C(=O)COC(=O)[C@H](C)N2C(=O)[C@H]3C4c5ccccc5C(c5ccccc54)[C@@H]3C2=O)cc1. The van der Waals surface area contributed by atoms with Crippen molar-refractivity contribution in [3.8, 4) is 5.75 Å². The van der Waals surface area contributed by atoms with Gasteiger partial charge in [-0.1, -0.05) is 48.5 Å². The van der Waals surface area contributed by atoms with Gasteiger partial charge in [0.1, 0.15) is 11.8 Å². The standard InChI is InChI=1S/C30H25NO6/c1-16(30(35)37-15-23(32)17-11-13-18(36-2)14-12-17)31-28(33)26-24-19-7-3-4-8-20(19)25(27(26)29(31)34)22-10-6-5-9-21(22)24/h3-14,16,24-27H,15H2,1-2H3/t16-,24?,25?,26-,27-/m0/s1. The maximum absolute atomic E-state index is 13.7. The summed E-state index contributed by atoms with van der Waals surface area (Å²) < 4.78 is 10.4. The number of nitrogens with zero attached hydrogens (tertiary/aromatic N) is 1. The van der Waals surface area contributed by atoms with Crippen molar-refractivity contribution in [3.05, 3.63) is 101 Å². The average molecular weight is 496 g/mol. The topological polar surface area (TPSA) is 90.0 Å². The Morgan fingerprint density at radius 2 is 1.24 bits per heavy atom. The van der Waals surface area contributed by atoms with Crippen LogP contribution in [0.3, 0.4) is 0 Å². The third-order valence-electron chi connectivity index (χ3n) is 7.97. The number of esters is 1. The van der Waals surface area contributed by atoms with Gasteiger partial charge in [-0.25, -0.2) is 4.79 Å². The second kappa shape index (κ2) is 8.69. The quantitative estimate of drug-likeness (QED) is 0.294. The molecule has 4 aliphatic rings. The number of likely N-dealkylation sites (tertiary alicyclic amines) is 1. The Morgan fingerprint density at radius 1 is 0.784 bits per heavy atom. The highest BCUT2D eigenvalue weighted by Gasteiger charge is 2.62. The van der Waals surface area contributed by atoms with Crippen LogP contribution in [0.2, 0.25) is 0 Å². The van der Waals surface area contributed by atoms with Gasteiger partial charge in [0.15, 0.2) is 12.4 Å². The molecule has 3 aromatic rings. The molecule has 2 amide bonds. The number of rotatable bonds is 6. The predicted molar refractivity (Wildman–Crippen MR) is 133 cm³/mol. The van der Waals surface area contributed by atoms with Crippen LogP contribution >= 0.6 is 0 Å². The van der Waals surface area contributed by atoms with Crippen LogP contribution in [0.5, 0.6) is 5.75 Å². The number of hydrogen-bond acceptors (Lipinski definition) is 6. The molecule has 7 rings (SSSR count). The number of amides is 2. The van der Waals surface area contributed by atoms with Gasteiger partial charge in [0.2, 0.25) is 11.8 Å². The lowest BCUT2D eigenvalue weighted by Crippen LogP contribution is -2.45. The van der Waals surface area contributed by atoms with Gasteiger partial charge in [0.05, 0.1) is 18.9 Å². The summed E-state index contributed by atoms with van der Waals surface area (Å²) in [5.41, 5.74) is 4.63. The van der Waals surface area contributed by atoms with Crippen LogP contribution in [-0.4, -0.2) is 48.2 Å². The summed E-state index contributed by atoms with van der Waals surface area (Å²) in [6, 6.07) is 21.3. The van der Waals surface area contributed by atoms with Crippen LogP contribution in [0.15, 0.2) is 72.8 Å². The molecule has 1 heterocycles. The maximum atomic E-state index is 13.7. The molecule has 3 aliphatic carbocycles. The summed E-state index contributed by atoms with van der Waals surface area (Å²) in [5, 5.41) is 0. The molecule has 7 heteroatoms. The molecule has 0 unspecified atom stereocenters. The van der Waals surface area contributed by atoms with Crippen molar-refractivity contribution in [2.45, 2.75) is 24.8 Å². The lowest BCUT2D eigenvalue weighted by Gasteiger charge is -2.45. The number of methoxy groups -OCH3 is 1. The fourth-order valence-electron chi connectivity index (χ4n) is 6.31. The first kappa shape index (κ1) is 23.2. The molecule has 3 atom stereocenters. The first-order chi connectivity index (χ1) is 17.9. The molecular weight excluding hydrogens is 470 g/mol. The van der Waals surface area contributed by atoms with Crippen molar-refractivity contribution in [1.82, 2.24) is 4.90 Å². The van der Waals surface area contributed by atoms with Gasteiger partial charge in [-0.15, -0.1) is 0 Å². The van der Waals surface area contributed by atoms with E-state index in [0.717, 1.165) is 27.2 Å². The number of ether oxygens (including phenoxy) is 2. The summed E-state index contributed by atoms with van der Waals surface area (Å²) in [6.45, 7) is 0.996.